The van der Waals surface area contributed by atoms with E-state index >= 15 is 0 Å². The normalized spacial score (nSPS) is 19.9. The average molecular weight is 300 g/mol. The molecule has 7 heteroatoms. The van der Waals surface area contributed by atoms with Gasteiger partial charge in [-0.2, -0.15) is 0 Å². The predicted molar refractivity (Wildman–Crippen MR) is 76.1 cm³/mol. The Kier molecular flexibility index (Phi) is 6.98. The van der Waals surface area contributed by atoms with Crippen LogP contribution in [0.25, 0.3) is 0 Å². The Bertz CT molecular complexity index is 384. The molecule has 0 aromatic rings. The first kappa shape index (κ1) is 17.3. The van der Waals surface area contributed by atoms with Crippen molar-refractivity contribution in [3.63, 3.8) is 0 Å². The van der Waals surface area contributed by atoms with Crippen molar-refractivity contribution in [2.45, 2.75) is 64.0 Å². The fourth-order valence-electron chi connectivity index (χ4n) is 2.66. The summed E-state index contributed by atoms with van der Waals surface area (Å²) >= 11 is 0. The van der Waals surface area contributed by atoms with E-state index in [9.17, 15) is 14.4 Å². The Morgan fingerprint density at radius 1 is 1.29 bits per heavy atom. The lowest BCUT2D eigenvalue weighted by molar-refractivity contribution is -0.140. The van der Waals surface area contributed by atoms with Gasteiger partial charge in [0.15, 0.2) is 0 Å². The summed E-state index contributed by atoms with van der Waals surface area (Å²) in [4.78, 5) is 35.6. The van der Waals surface area contributed by atoms with Gasteiger partial charge in [-0.25, -0.2) is 9.59 Å². The summed E-state index contributed by atoms with van der Waals surface area (Å²) in [5, 5.41) is 20.2. The van der Waals surface area contributed by atoms with Crippen LogP contribution in [0.5, 0.6) is 0 Å². The molecule has 0 spiro atoms. The number of piperidine rings is 1. The summed E-state index contributed by atoms with van der Waals surface area (Å²) in [7, 11) is 0. The number of nitrogens with one attached hydrogen (secondary N) is 1. The second-order valence-corrected chi connectivity index (χ2v) is 5.40. The zero-order chi connectivity index (χ0) is 15.8. The molecule has 0 saturated carbocycles. The third-order valence-corrected chi connectivity index (χ3v) is 3.75. The van der Waals surface area contributed by atoms with Crippen LogP contribution in [0.1, 0.15) is 51.9 Å². The van der Waals surface area contributed by atoms with Crippen molar-refractivity contribution in [2.24, 2.45) is 0 Å². The second kappa shape index (κ2) is 8.49. The van der Waals surface area contributed by atoms with Gasteiger partial charge in [0.05, 0.1) is 0 Å². The van der Waals surface area contributed by atoms with E-state index in [1.54, 1.807) is 4.90 Å². The van der Waals surface area contributed by atoms with Gasteiger partial charge < -0.3 is 20.4 Å². The minimum Gasteiger partial charge on any atom is -0.481 e. The number of urea groups is 1. The minimum absolute atomic E-state index is 0.108. The molecule has 21 heavy (non-hydrogen) atoms. The van der Waals surface area contributed by atoms with Crippen molar-refractivity contribution in [3.05, 3.63) is 0 Å². The molecule has 1 fully saturated rings. The van der Waals surface area contributed by atoms with Gasteiger partial charge >= 0.3 is 18.0 Å². The molecule has 1 saturated heterocycles. The number of aliphatic carboxylic acids is 2. The van der Waals surface area contributed by atoms with Crippen molar-refractivity contribution in [3.8, 4) is 0 Å². The molecule has 0 radical (unpaired) electrons. The number of rotatable bonds is 7. The number of likely N-dealkylation sites (tertiary alicyclic amines) is 1. The summed E-state index contributed by atoms with van der Waals surface area (Å²) in [6.07, 6.45) is 4.42. The standard InChI is InChI=1S/C14H24N2O5/c1-2-5-10-6-3-4-9-16(10)14(21)15-11(13(19)20)7-8-12(17)18/h10-11H,2-9H2,1H3,(H,15,21)(H,17,18)(H,19,20)/t10?,11-/m0/s1. The highest BCUT2D eigenvalue weighted by Gasteiger charge is 2.29. The van der Waals surface area contributed by atoms with Gasteiger partial charge in [0, 0.05) is 19.0 Å². The van der Waals surface area contributed by atoms with Crippen LogP contribution in [0, 0.1) is 0 Å². The van der Waals surface area contributed by atoms with Crippen molar-refractivity contribution >= 4 is 18.0 Å². The number of carboxylic acid groups (broad SMARTS) is 2. The van der Waals surface area contributed by atoms with Gasteiger partial charge in [-0.15, -0.1) is 0 Å². The van der Waals surface area contributed by atoms with Gasteiger partial charge in [-0.1, -0.05) is 13.3 Å². The van der Waals surface area contributed by atoms with Crippen LogP contribution >= 0.6 is 0 Å². The summed E-state index contributed by atoms with van der Waals surface area (Å²) in [6, 6.07) is -1.40. The number of carbonyl (C=O) groups excluding carboxylic acids is 1. The van der Waals surface area contributed by atoms with Gasteiger partial charge in [-0.3, -0.25) is 4.79 Å². The molecule has 0 aliphatic carbocycles. The fourth-order valence-corrected chi connectivity index (χ4v) is 2.66. The largest absolute Gasteiger partial charge is 0.481 e. The molecule has 3 N–H and O–H groups in total. The maximum atomic E-state index is 12.2. The Morgan fingerprint density at radius 3 is 2.57 bits per heavy atom. The van der Waals surface area contributed by atoms with E-state index in [0.717, 1.165) is 32.1 Å². The van der Waals surface area contributed by atoms with Gasteiger partial charge in [0.1, 0.15) is 6.04 Å². The first-order chi connectivity index (χ1) is 9.95. The van der Waals surface area contributed by atoms with E-state index in [1.807, 2.05) is 0 Å². The molecule has 7 nitrogen and oxygen atoms in total. The minimum atomic E-state index is -1.20. The van der Waals surface area contributed by atoms with Crippen LogP contribution in [0.4, 0.5) is 4.79 Å². The first-order valence-corrected chi connectivity index (χ1v) is 7.47. The highest BCUT2D eigenvalue weighted by atomic mass is 16.4. The molecule has 0 aromatic carbocycles. The molecular weight excluding hydrogens is 276 g/mol. The molecule has 1 aliphatic rings. The van der Waals surface area contributed by atoms with Crippen LogP contribution in [-0.4, -0.2) is 51.7 Å². The summed E-state index contributed by atoms with van der Waals surface area (Å²) in [5.74, 6) is -2.27. The number of carbonyl (C=O) groups is 3. The topological polar surface area (TPSA) is 107 Å². The Morgan fingerprint density at radius 2 is 2.00 bits per heavy atom. The quantitative estimate of drug-likeness (QED) is 0.663. The van der Waals surface area contributed by atoms with E-state index in [2.05, 4.69) is 12.2 Å². The lowest BCUT2D eigenvalue weighted by Crippen LogP contribution is -2.53. The van der Waals surface area contributed by atoms with E-state index in [0.29, 0.717) is 6.54 Å². The zero-order valence-corrected chi connectivity index (χ0v) is 12.4. The van der Waals surface area contributed by atoms with E-state index in [1.165, 1.54) is 0 Å². The smallest absolute Gasteiger partial charge is 0.326 e. The summed E-state index contributed by atoms with van der Waals surface area (Å²) in [5.41, 5.74) is 0. The van der Waals surface area contributed by atoms with Crippen molar-refractivity contribution in [1.29, 1.82) is 0 Å². The molecular formula is C14H24N2O5. The molecule has 2 amide bonds. The fraction of sp³-hybridized carbons (Fsp3) is 0.786. The van der Waals surface area contributed by atoms with Crippen LogP contribution in [-0.2, 0) is 9.59 Å². The van der Waals surface area contributed by atoms with Gasteiger partial charge in [-0.05, 0) is 32.1 Å². The van der Waals surface area contributed by atoms with Crippen LogP contribution in [0.2, 0.25) is 0 Å². The summed E-state index contributed by atoms with van der Waals surface area (Å²) < 4.78 is 0. The molecule has 1 unspecified atom stereocenters. The molecule has 1 heterocycles. The van der Waals surface area contributed by atoms with E-state index in [-0.39, 0.29) is 18.9 Å². The average Bonchev–Trinajstić information content (AvgIpc) is 2.43. The molecule has 120 valence electrons. The summed E-state index contributed by atoms with van der Waals surface area (Å²) in [6.45, 7) is 2.68. The number of carboxylic acids is 2. The lowest BCUT2D eigenvalue weighted by atomic mass is 9.98. The van der Waals surface area contributed by atoms with E-state index < -0.39 is 24.0 Å². The maximum Gasteiger partial charge on any atom is 0.326 e. The van der Waals surface area contributed by atoms with Crippen molar-refractivity contribution in [2.75, 3.05) is 6.54 Å². The molecule has 1 aliphatic heterocycles. The third kappa shape index (κ3) is 5.61. The van der Waals surface area contributed by atoms with Crippen LogP contribution < -0.4 is 5.32 Å². The lowest BCUT2D eigenvalue weighted by Gasteiger charge is -2.36. The van der Waals surface area contributed by atoms with Crippen molar-refractivity contribution < 1.29 is 24.6 Å². The Balaban J connectivity index is 2.61. The van der Waals surface area contributed by atoms with E-state index in [4.69, 9.17) is 10.2 Å². The maximum absolute atomic E-state index is 12.2. The third-order valence-electron chi connectivity index (χ3n) is 3.75. The highest BCUT2D eigenvalue weighted by Crippen LogP contribution is 2.21. The molecule has 2 atom stereocenters. The van der Waals surface area contributed by atoms with Crippen molar-refractivity contribution in [1.82, 2.24) is 10.2 Å². The van der Waals surface area contributed by atoms with Crippen LogP contribution in [0.15, 0.2) is 0 Å². The molecule has 0 aromatic heterocycles. The predicted octanol–water partition coefficient (Wildman–Crippen LogP) is 1.67. The van der Waals surface area contributed by atoms with Gasteiger partial charge in [0.2, 0.25) is 0 Å². The number of nitrogens with zero attached hydrogens (tertiary/aromatic N) is 1. The Hall–Kier alpha value is -1.79. The monoisotopic (exact) mass is 300 g/mol. The van der Waals surface area contributed by atoms with Gasteiger partial charge in [0.25, 0.3) is 0 Å². The van der Waals surface area contributed by atoms with Crippen LogP contribution in [0.3, 0.4) is 0 Å². The number of hydrogen-bond acceptors (Lipinski definition) is 3. The molecule has 1 rings (SSSR count). The Labute approximate surface area is 124 Å². The zero-order valence-electron chi connectivity index (χ0n) is 12.4. The SMILES string of the molecule is CCCC1CCCCN1C(=O)N[C@@H](CCC(=O)O)C(=O)O. The molecule has 0 bridgehead atoms. The number of amides is 2. The highest BCUT2D eigenvalue weighted by molar-refractivity contribution is 5.83. The second-order valence-electron chi connectivity index (χ2n) is 5.40. The number of hydrogen-bond donors (Lipinski definition) is 3. The first-order valence-electron chi connectivity index (χ1n) is 7.47.